The summed E-state index contributed by atoms with van der Waals surface area (Å²) in [6.07, 6.45) is -0.0759. The van der Waals surface area contributed by atoms with E-state index in [1.165, 1.54) is 4.31 Å². The van der Waals surface area contributed by atoms with Gasteiger partial charge in [-0.25, -0.2) is 8.42 Å². The zero-order valence-corrected chi connectivity index (χ0v) is 18.3. The first-order valence-corrected chi connectivity index (χ1v) is 11.9. The largest absolute Gasteiger partial charge is 0.480 e. The molecule has 162 valence electrons. The summed E-state index contributed by atoms with van der Waals surface area (Å²) in [7, 11) is -3.55. The molecule has 0 spiro atoms. The molecule has 0 unspecified atom stereocenters. The second kappa shape index (κ2) is 9.08. The van der Waals surface area contributed by atoms with E-state index in [1.54, 1.807) is 35.2 Å². The average molecular weight is 439 g/mol. The molecule has 31 heavy (non-hydrogen) atoms. The van der Waals surface area contributed by atoms with E-state index in [0.29, 0.717) is 25.3 Å². The Morgan fingerprint density at radius 3 is 2.26 bits per heavy atom. The molecule has 0 bridgehead atoms. The van der Waals surface area contributed by atoms with Crippen LogP contribution in [0.2, 0.25) is 0 Å². The van der Waals surface area contributed by atoms with E-state index in [4.69, 9.17) is 4.74 Å². The molecule has 0 aliphatic carbocycles. The minimum atomic E-state index is -3.55. The number of fused-ring (bicyclic) bond motifs is 1. The highest BCUT2D eigenvalue weighted by Crippen LogP contribution is 2.27. The second-order valence-electron chi connectivity index (χ2n) is 7.53. The van der Waals surface area contributed by atoms with Gasteiger partial charge < -0.3 is 9.64 Å². The molecular formula is C24H26N2O4S. The fraction of sp³-hybridized carbons (Fsp3) is 0.292. The first-order valence-electron chi connectivity index (χ1n) is 10.5. The zero-order valence-electron chi connectivity index (χ0n) is 17.5. The second-order valence-corrected chi connectivity index (χ2v) is 9.47. The van der Waals surface area contributed by atoms with Crippen molar-refractivity contribution in [3.63, 3.8) is 0 Å². The van der Waals surface area contributed by atoms with Gasteiger partial charge in [0.05, 0.1) is 4.90 Å². The van der Waals surface area contributed by atoms with Crippen LogP contribution in [0.5, 0.6) is 5.75 Å². The Labute approximate surface area is 183 Å². The monoisotopic (exact) mass is 438 g/mol. The quantitative estimate of drug-likeness (QED) is 0.591. The minimum Gasteiger partial charge on any atom is -0.480 e. The number of hydrogen-bond acceptors (Lipinski definition) is 4. The maximum atomic E-state index is 13.1. The van der Waals surface area contributed by atoms with Crippen molar-refractivity contribution in [2.24, 2.45) is 0 Å². The number of sulfonamides is 1. The van der Waals surface area contributed by atoms with Crippen LogP contribution in [0.1, 0.15) is 13.3 Å². The van der Waals surface area contributed by atoms with Crippen LogP contribution in [0.25, 0.3) is 10.8 Å². The topological polar surface area (TPSA) is 66.9 Å². The molecule has 0 aromatic heterocycles. The van der Waals surface area contributed by atoms with Gasteiger partial charge in [0.2, 0.25) is 10.0 Å². The van der Waals surface area contributed by atoms with Crippen molar-refractivity contribution in [2.75, 3.05) is 26.2 Å². The molecule has 0 N–H and O–H groups in total. The van der Waals surface area contributed by atoms with Gasteiger partial charge in [0.25, 0.3) is 5.91 Å². The van der Waals surface area contributed by atoms with E-state index in [2.05, 4.69) is 0 Å². The third-order valence-corrected chi connectivity index (χ3v) is 7.51. The first kappa shape index (κ1) is 21.3. The summed E-state index contributed by atoms with van der Waals surface area (Å²) in [6.45, 7) is 3.16. The molecular weight excluding hydrogens is 412 g/mol. The van der Waals surface area contributed by atoms with Gasteiger partial charge in [-0.15, -0.1) is 0 Å². The lowest BCUT2D eigenvalue weighted by Crippen LogP contribution is -2.53. The molecule has 0 saturated carbocycles. The van der Waals surface area contributed by atoms with Gasteiger partial charge in [-0.3, -0.25) is 4.79 Å². The Balaban J connectivity index is 1.44. The van der Waals surface area contributed by atoms with Gasteiger partial charge in [0.15, 0.2) is 6.10 Å². The maximum Gasteiger partial charge on any atom is 0.263 e. The van der Waals surface area contributed by atoms with E-state index in [-0.39, 0.29) is 23.9 Å². The number of ether oxygens (including phenoxy) is 1. The van der Waals surface area contributed by atoms with Crippen molar-refractivity contribution < 1.29 is 17.9 Å². The van der Waals surface area contributed by atoms with Crippen LogP contribution in [0, 0.1) is 0 Å². The van der Waals surface area contributed by atoms with Gasteiger partial charge in [-0.2, -0.15) is 4.31 Å². The lowest BCUT2D eigenvalue weighted by Gasteiger charge is -2.35. The summed E-state index contributed by atoms with van der Waals surface area (Å²) in [6, 6.07) is 22.1. The Hall–Kier alpha value is -2.90. The number of hydrogen-bond donors (Lipinski definition) is 0. The summed E-state index contributed by atoms with van der Waals surface area (Å²) in [5.74, 6) is 0.579. The number of piperazine rings is 1. The van der Waals surface area contributed by atoms with Crippen molar-refractivity contribution >= 4 is 26.7 Å². The molecule has 3 aromatic rings. The van der Waals surface area contributed by atoms with E-state index < -0.39 is 16.1 Å². The molecule has 1 aliphatic heterocycles. The summed E-state index contributed by atoms with van der Waals surface area (Å²) >= 11 is 0. The average Bonchev–Trinajstić information content (AvgIpc) is 2.83. The van der Waals surface area contributed by atoms with Crippen molar-refractivity contribution in [1.82, 2.24) is 9.21 Å². The van der Waals surface area contributed by atoms with Gasteiger partial charge in [0.1, 0.15) is 5.75 Å². The summed E-state index contributed by atoms with van der Waals surface area (Å²) in [5, 5.41) is 2.03. The van der Waals surface area contributed by atoms with Crippen LogP contribution >= 0.6 is 0 Å². The number of nitrogens with zero attached hydrogens (tertiary/aromatic N) is 2. The Bertz CT molecular complexity index is 1150. The molecule has 1 atom stereocenters. The fourth-order valence-electron chi connectivity index (χ4n) is 3.85. The van der Waals surface area contributed by atoms with Gasteiger partial charge >= 0.3 is 0 Å². The zero-order chi connectivity index (χ0) is 21.8. The third kappa shape index (κ3) is 4.43. The summed E-state index contributed by atoms with van der Waals surface area (Å²) in [5.41, 5.74) is 0. The van der Waals surface area contributed by atoms with Crippen molar-refractivity contribution in [3.8, 4) is 5.75 Å². The predicted octanol–water partition coefficient (Wildman–Crippen LogP) is 3.53. The summed E-state index contributed by atoms with van der Waals surface area (Å²) in [4.78, 5) is 15.1. The lowest BCUT2D eigenvalue weighted by molar-refractivity contribution is -0.140. The number of benzene rings is 3. The maximum absolute atomic E-state index is 13.1. The molecule has 7 heteroatoms. The Kier molecular flexibility index (Phi) is 6.25. The van der Waals surface area contributed by atoms with Crippen LogP contribution in [-0.2, 0) is 14.8 Å². The first-order chi connectivity index (χ1) is 15.0. The molecule has 1 aliphatic rings. The number of carbonyl (C=O) groups is 1. The molecule has 1 amide bonds. The van der Waals surface area contributed by atoms with Crippen LogP contribution in [0.4, 0.5) is 0 Å². The van der Waals surface area contributed by atoms with E-state index in [0.717, 1.165) is 10.8 Å². The van der Waals surface area contributed by atoms with E-state index in [1.807, 2.05) is 49.4 Å². The van der Waals surface area contributed by atoms with Crippen molar-refractivity contribution in [1.29, 1.82) is 0 Å². The number of amides is 1. The normalized spacial score (nSPS) is 16.2. The van der Waals surface area contributed by atoms with E-state index in [9.17, 15) is 13.2 Å². The Morgan fingerprint density at radius 2 is 1.55 bits per heavy atom. The fourth-order valence-corrected chi connectivity index (χ4v) is 5.30. The highest BCUT2D eigenvalue weighted by atomic mass is 32.2. The van der Waals surface area contributed by atoms with E-state index >= 15 is 0 Å². The number of carbonyl (C=O) groups excluding carboxylic acids is 1. The van der Waals surface area contributed by atoms with Crippen LogP contribution in [0.15, 0.2) is 77.7 Å². The Morgan fingerprint density at radius 1 is 0.903 bits per heavy atom. The molecule has 3 aromatic carbocycles. The van der Waals surface area contributed by atoms with Gasteiger partial charge in [-0.1, -0.05) is 61.5 Å². The van der Waals surface area contributed by atoms with Crippen molar-refractivity contribution in [3.05, 3.63) is 72.8 Å². The molecule has 1 saturated heterocycles. The highest BCUT2D eigenvalue weighted by molar-refractivity contribution is 7.89. The predicted molar refractivity (Wildman–Crippen MR) is 120 cm³/mol. The molecule has 0 radical (unpaired) electrons. The lowest BCUT2D eigenvalue weighted by atomic mass is 10.1. The van der Waals surface area contributed by atoms with Crippen molar-refractivity contribution in [2.45, 2.75) is 24.3 Å². The highest BCUT2D eigenvalue weighted by Gasteiger charge is 2.32. The smallest absolute Gasteiger partial charge is 0.263 e. The molecule has 6 nitrogen and oxygen atoms in total. The molecule has 1 heterocycles. The standard InChI is InChI=1S/C24H26N2O4S/c1-2-22(30-23-14-8-10-19-9-6-7-13-21(19)23)24(27)25-15-17-26(18-16-25)31(28,29)20-11-4-3-5-12-20/h3-14,22H,2,15-18H2,1H3/t22-/m0/s1. The molecule has 1 fully saturated rings. The van der Waals surface area contributed by atoms with Crippen LogP contribution in [0.3, 0.4) is 0 Å². The number of rotatable bonds is 6. The molecule has 4 rings (SSSR count). The van der Waals surface area contributed by atoms with Gasteiger partial charge in [0, 0.05) is 31.6 Å². The SMILES string of the molecule is CC[C@H](Oc1cccc2ccccc12)C(=O)N1CCN(S(=O)(=O)c2ccccc2)CC1. The third-order valence-electron chi connectivity index (χ3n) is 5.60. The van der Waals surface area contributed by atoms with Gasteiger partial charge in [-0.05, 0) is 30.0 Å². The summed E-state index contributed by atoms with van der Waals surface area (Å²) < 4.78 is 33.2. The minimum absolute atomic E-state index is 0.104. The van der Waals surface area contributed by atoms with Crippen LogP contribution in [-0.4, -0.2) is 55.8 Å². The van der Waals surface area contributed by atoms with Crippen LogP contribution < -0.4 is 4.74 Å².